The number of methoxy groups -OCH3 is 1. The minimum absolute atomic E-state index is 0.149. The highest BCUT2D eigenvalue weighted by atomic mass is 35.5. The molecule has 1 amide bonds. The number of hydrogen-bond donors (Lipinski definition) is 2. The van der Waals surface area contributed by atoms with Crippen molar-refractivity contribution in [2.75, 3.05) is 12.8 Å². The van der Waals surface area contributed by atoms with E-state index >= 15 is 0 Å². The zero-order valence-electron chi connectivity index (χ0n) is 10.8. The van der Waals surface area contributed by atoms with Crippen molar-refractivity contribution in [2.24, 2.45) is 0 Å². The highest BCUT2D eigenvalue weighted by molar-refractivity contribution is 6.31. The molecule has 1 heterocycles. The van der Waals surface area contributed by atoms with Gasteiger partial charge >= 0.3 is 0 Å². The summed E-state index contributed by atoms with van der Waals surface area (Å²) in [7, 11) is 1.54. The van der Waals surface area contributed by atoms with Crippen molar-refractivity contribution in [3.8, 4) is 5.75 Å². The molecule has 0 saturated carbocycles. The monoisotopic (exact) mass is 292 g/mol. The molecule has 104 valence electrons. The van der Waals surface area contributed by atoms with Crippen molar-refractivity contribution >= 4 is 23.3 Å². The van der Waals surface area contributed by atoms with Crippen LogP contribution in [-0.2, 0) is 6.54 Å². The minimum atomic E-state index is -0.383. The Labute approximate surface area is 120 Å². The largest absolute Gasteiger partial charge is 0.496 e. The van der Waals surface area contributed by atoms with Crippen LogP contribution in [-0.4, -0.2) is 23.0 Å². The number of rotatable bonds is 4. The number of benzene rings is 1. The molecule has 0 unspecified atom stereocenters. The molecule has 3 N–H and O–H groups in total. The van der Waals surface area contributed by atoms with E-state index in [-0.39, 0.29) is 24.0 Å². The van der Waals surface area contributed by atoms with Gasteiger partial charge < -0.3 is 15.8 Å². The van der Waals surface area contributed by atoms with Gasteiger partial charge in [0.1, 0.15) is 17.3 Å². The predicted octanol–water partition coefficient (Wildman–Crippen LogP) is 1.65. The number of anilines is 1. The Balaban J connectivity index is 2.11. The van der Waals surface area contributed by atoms with E-state index in [0.717, 1.165) is 0 Å². The molecule has 0 fully saturated rings. The van der Waals surface area contributed by atoms with Crippen LogP contribution in [0.15, 0.2) is 30.6 Å². The summed E-state index contributed by atoms with van der Waals surface area (Å²) in [6, 6.07) is 5.27. The van der Waals surface area contributed by atoms with Crippen LogP contribution in [0.2, 0.25) is 5.02 Å². The van der Waals surface area contributed by atoms with Gasteiger partial charge in [0.15, 0.2) is 0 Å². The molecular weight excluding hydrogens is 280 g/mol. The normalized spacial score (nSPS) is 10.1. The van der Waals surface area contributed by atoms with Gasteiger partial charge in [-0.05, 0) is 12.1 Å². The Morgan fingerprint density at radius 3 is 2.95 bits per heavy atom. The molecular formula is C13H13ClN4O2. The van der Waals surface area contributed by atoms with Gasteiger partial charge in [0, 0.05) is 17.1 Å². The van der Waals surface area contributed by atoms with Crippen LogP contribution in [0, 0.1) is 0 Å². The molecule has 0 aliphatic heterocycles. The van der Waals surface area contributed by atoms with Crippen molar-refractivity contribution in [2.45, 2.75) is 6.54 Å². The number of ether oxygens (including phenoxy) is 1. The fourth-order valence-corrected chi connectivity index (χ4v) is 1.88. The topological polar surface area (TPSA) is 90.1 Å². The summed E-state index contributed by atoms with van der Waals surface area (Å²) in [4.78, 5) is 19.6. The first kappa shape index (κ1) is 14.1. The smallest absolute Gasteiger partial charge is 0.271 e. The van der Waals surface area contributed by atoms with Gasteiger partial charge in [0.2, 0.25) is 0 Å². The van der Waals surface area contributed by atoms with Crippen LogP contribution in [0.5, 0.6) is 5.75 Å². The maximum absolute atomic E-state index is 11.9. The lowest BCUT2D eigenvalue weighted by molar-refractivity contribution is 0.0945. The van der Waals surface area contributed by atoms with E-state index in [4.69, 9.17) is 22.1 Å². The summed E-state index contributed by atoms with van der Waals surface area (Å²) >= 11 is 6.08. The number of nitrogens with one attached hydrogen (secondary N) is 1. The SMILES string of the molecule is COc1cccc(Cl)c1CNC(=O)c1cncc(N)n1. The third kappa shape index (κ3) is 3.16. The Hall–Kier alpha value is -2.34. The fourth-order valence-electron chi connectivity index (χ4n) is 1.65. The third-order valence-electron chi connectivity index (χ3n) is 2.61. The van der Waals surface area contributed by atoms with Crippen LogP contribution in [0.3, 0.4) is 0 Å². The van der Waals surface area contributed by atoms with E-state index in [1.807, 2.05) is 0 Å². The summed E-state index contributed by atoms with van der Waals surface area (Å²) in [5, 5.41) is 3.21. The molecule has 1 aromatic carbocycles. The number of halogens is 1. The summed E-state index contributed by atoms with van der Waals surface area (Å²) in [5.74, 6) is 0.413. The number of nitrogens with zero attached hydrogens (tertiary/aromatic N) is 2. The van der Waals surface area contributed by atoms with E-state index in [1.165, 1.54) is 12.4 Å². The van der Waals surface area contributed by atoms with Crippen molar-refractivity contribution in [1.29, 1.82) is 0 Å². The van der Waals surface area contributed by atoms with Gasteiger partial charge in [-0.15, -0.1) is 0 Å². The van der Waals surface area contributed by atoms with E-state index in [0.29, 0.717) is 16.3 Å². The number of nitrogens with two attached hydrogens (primary N) is 1. The van der Waals surface area contributed by atoms with Crippen LogP contribution >= 0.6 is 11.6 Å². The highest BCUT2D eigenvalue weighted by Crippen LogP contribution is 2.25. The number of amides is 1. The molecule has 0 aliphatic rings. The van der Waals surface area contributed by atoms with Crippen LogP contribution in [0.25, 0.3) is 0 Å². The average molecular weight is 293 g/mol. The van der Waals surface area contributed by atoms with Crippen LogP contribution in [0.4, 0.5) is 5.82 Å². The molecule has 0 bridgehead atoms. The first-order valence-corrected chi connectivity index (χ1v) is 6.16. The van der Waals surface area contributed by atoms with Gasteiger partial charge in [0.05, 0.1) is 19.5 Å². The summed E-state index contributed by atoms with van der Waals surface area (Å²) in [6.45, 7) is 0.220. The first-order valence-electron chi connectivity index (χ1n) is 5.79. The lowest BCUT2D eigenvalue weighted by Gasteiger charge is -2.11. The molecule has 20 heavy (non-hydrogen) atoms. The lowest BCUT2D eigenvalue weighted by atomic mass is 10.2. The number of nitrogen functional groups attached to an aromatic ring is 1. The zero-order chi connectivity index (χ0) is 14.5. The van der Waals surface area contributed by atoms with Crippen LogP contribution < -0.4 is 15.8 Å². The molecule has 2 rings (SSSR count). The predicted molar refractivity (Wildman–Crippen MR) is 75.6 cm³/mol. The Kier molecular flexibility index (Phi) is 4.37. The molecule has 6 nitrogen and oxygen atoms in total. The minimum Gasteiger partial charge on any atom is -0.496 e. The lowest BCUT2D eigenvalue weighted by Crippen LogP contribution is -2.24. The zero-order valence-corrected chi connectivity index (χ0v) is 11.5. The van der Waals surface area contributed by atoms with E-state index in [2.05, 4.69) is 15.3 Å². The second-order valence-corrected chi connectivity index (χ2v) is 4.34. The van der Waals surface area contributed by atoms with E-state index < -0.39 is 0 Å². The van der Waals surface area contributed by atoms with E-state index in [1.54, 1.807) is 25.3 Å². The van der Waals surface area contributed by atoms with Gasteiger partial charge in [-0.2, -0.15) is 0 Å². The molecule has 0 aliphatic carbocycles. The fraction of sp³-hybridized carbons (Fsp3) is 0.154. The molecule has 0 spiro atoms. The van der Waals surface area contributed by atoms with Gasteiger partial charge in [-0.25, -0.2) is 4.98 Å². The maximum Gasteiger partial charge on any atom is 0.271 e. The Bertz CT molecular complexity index is 634. The summed E-state index contributed by atoms with van der Waals surface area (Å²) in [6.07, 6.45) is 2.71. The molecule has 0 saturated heterocycles. The molecule has 0 radical (unpaired) electrons. The van der Waals surface area contributed by atoms with Gasteiger partial charge in [-0.1, -0.05) is 17.7 Å². The highest BCUT2D eigenvalue weighted by Gasteiger charge is 2.12. The number of aromatic nitrogens is 2. The summed E-state index contributed by atoms with van der Waals surface area (Å²) < 4.78 is 5.20. The molecule has 2 aromatic rings. The Morgan fingerprint density at radius 2 is 2.25 bits per heavy atom. The average Bonchev–Trinajstić information content (AvgIpc) is 2.45. The number of carbonyl (C=O) groups is 1. The Morgan fingerprint density at radius 1 is 1.45 bits per heavy atom. The first-order chi connectivity index (χ1) is 9.61. The standard InChI is InChI=1S/C13H13ClN4O2/c1-20-11-4-2-3-9(14)8(11)5-17-13(19)10-6-16-7-12(15)18-10/h2-4,6-7H,5H2,1H3,(H2,15,18)(H,17,19). The van der Waals surface area contributed by atoms with Crippen molar-refractivity contribution < 1.29 is 9.53 Å². The van der Waals surface area contributed by atoms with Crippen LogP contribution in [0.1, 0.15) is 16.1 Å². The second kappa shape index (κ2) is 6.21. The molecule has 7 heteroatoms. The van der Waals surface area contributed by atoms with Crippen molar-refractivity contribution in [3.05, 3.63) is 46.9 Å². The summed E-state index contributed by atoms with van der Waals surface area (Å²) in [5.41, 5.74) is 6.32. The third-order valence-corrected chi connectivity index (χ3v) is 2.96. The van der Waals surface area contributed by atoms with Gasteiger partial charge in [0.25, 0.3) is 5.91 Å². The van der Waals surface area contributed by atoms with Crippen molar-refractivity contribution in [3.63, 3.8) is 0 Å². The number of carbonyl (C=O) groups excluding carboxylic acids is 1. The maximum atomic E-state index is 11.9. The molecule has 0 atom stereocenters. The number of hydrogen-bond acceptors (Lipinski definition) is 5. The molecule has 1 aromatic heterocycles. The van der Waals surface area contributed by atoms with E-state index in [9.17, 15) is 4.79 Å². The second-order valence-electron chi connectivity index (χ2n) is 3.93. The van der Waals surface area contributed by atoms with Crippen molar-refractivity contribution in [1.82, 2.24) is 15.3 Å². The quantitative estimate of drug-likeness (QED) is 0.894. The van der Waals surface area contributed by atoms with Gasteiger partial charge in [-0.3, -0.25) is 9.78 Å².